The molecule has 0 radical (unpaired) electrons. The van der Waals surface area contributed by atoms with Crippen LogP contribution in [0.5, 0.6) is 17.2 Å². The van der Waals surface area contributed by atoms with E-state index in [2.05, 4.69) is 40.2 Å². The van der Waals surface area contributed by atoms with Gasteiger partial charge in [0, 0.05) is 25.1 Å². The Morgan fingerprint density at radius 2 is 1.57 bits per heavy atom. The first-order valence-electron chi connectivity index (χ1n) is 11.7. The first kappa shape index (κ1) is 24.1. The Hall–Kier alpha value is -4.00. The number of benzene rings is 3. The number of hydrogen-bond donors (Lipinski definition) is 1. The summed E-state index contributed by atoms with van der Waals surface area (Å²) in [6.45, 7) is 1.38. The van der Waals surface area contributed by atoms with Gasteiger partial charge in [-0.25, -0.2) is 4.98 Å². The molecule has 0 aliphatic carbocycles. The fourth-order valence-electron chi connectivity index (χ4n) is 4.21. The molecule has 4 rings (SSSR count). The van der Waals surface area contributed by atoms with Crippen LogP contribution in [0.3, 0.4) is 0 Å². The molecule has 0 atom stereocenters. The highest BCUT2D eigenvalue weighted by atomic mass is 16.5. The first-order chi connectivity index (χ1) is 17.1. The molecule has 0 bridgehead atoms. The Kier molecular flexibility index (Phi) is 7.88. The summed E-state index contributed by atoms with van der Waals surface area (Å²) in [5.41, 5.74) is 3.89. The fraction of sp³-hybridized carbons (Fsp3) is 0.286. The lowest BCUT2D eigenvalue weighted by Crippen LogP contribution is -2.25. The maximum atomic E-state index is 12.8. The van der Waals surface area contributed by atoms with Gasteiger partial charge in [-0.2, -0.15) is 0 Å². The summed E-state index contributed by atoms with van der Waals surface area (Å²) in [4.78, 5) is 17.6. The van der Waals surface area contributed by atoms with Gasteiger partial charge in [0.1, 0.15) is 5.82 Å². The number of carbonyl (C=O) groups is 1. The predicted octanol–water partition coefficient (Wildman–Crippen LogP) is 4.67. The number of aromatic nitrogens is 2. The molecular formula is C28H31N3O4. The first-order valence-corrected chi connectivity index (χ1v) is 11.7. The maximum Gasteiger partial charge on any atom is 0.251 e. The van der Waals surface area contributed by atoms with Gasteiger partial charge in [0.15, 0.2) is 11.5 Å². The molecule has 1 aromatic heterocycles. The molecule has 0 saturated carbocycles. The van der Waals surface area contributed by atoms with Crippen molar-refractivity contribution in [3.05, 3.63) is 83.7 Å². The summed E-state index contributed by atoms with van der Waals surface area (Å²) in [7, 11) is 4.60. The van der Waals surface area contributed by atoms with Crippen molar-refractivity contribution in [3.63, 3.8) is 0 Å². The van der Waals surface area contributed by atoms with Crippen LogP contribution >= 0.6 is 0 Å². The van der Waals surface area contributed by atoms with Gasteiger partial charge in [0.25, 0.3) is 5.91 Å². The van der Waals surface area contributed by atoms with Crippen molar-refractivity contribution in [1.82, 2.24) is 14.9 Å². The predicted molar refractivity (Wildman–Crippen MR) is 137 cm³/mol. The summed E-state index contributed by atoms with van der Waals surface area (Å²) < 4.78 is 18.3. The largest absolute Gasteiger partial charge is 0.493 e. The lowest BCUT2D eigenvalue weighted by Gasteiger charge is -2.14. The Balaban J connectivity index is 1.41. The van der Waals surface area contributed by atoms with Crippen LogP contribution in [-0.4, -0.2) is 43.3 Å². The van der Waals surface area contributed by atoms with Crippen molar-refractivity contribution in [3.8, 4) is 17.2 Å². The van der Waals surface area contributed by atoms with Gasteiger partial charge in [-0.3, -0.25) is 4.79 Å². The van der Waals surface area contributed by atoms with Gasteiger partial charge < -0.3 is 24.1 Å². The van der Waals surface area contributed by atoms with E-state index in [1.807, 2.05) is 24.3 Å². The normalized spacial score (nSPS) is 10.8. The molecule has 7 heteroatoms. The quantitative estimate of drug-likeness (QED) is 0.321. The van der Waals surface area contributed by atoms with E-state index in [0.717, 1.165) is 42.7 Å². The highest BCUT2D eigenvalue weighted by molar-refractivity contribution is 5.95. The zero-order valence-corrected chi connectivity index (χ0v) is 20.4. The van der Waals surface area contributed by atoms with E-state index in [1.54, 1.807) is 12.1 Å². The fourth-order valence-corrected chi connectivity index (χ4v) is 4.21. The second-order valence-corrected chi connectivity index (χ2v) is 8.18. The summed E-state index contributed by atoms with van der Waals surface area (Å²) in [6.07, 6.45) is 2.47. The molecule has 4 aromatic rings. The number of rotatable bonds is 11. The minimum Gasteiger partial charge on any atom is -0.493 e. The summed E-state index contributed by atoms with van der Waals surface area (Å²) in [6, 6.07) is 22.0. The van der Waals surface area contributed by atoms with E-state index < -0.39 is 0 Å². The molecule has 1 heterocycles. The standard InChI is InChI=1S/C28H31N3O4/c1-33-24-18-21(19-25(34-2)27(24)35-3)28(32)29-16-9-14-26-30-22-12-7-8-13-23(22)31(26)17-15-20-10-5-4-6-11-20/h4-8,10-13,18-19H,9,14-17H2,1-3H3,(H,29,32). The van der Waals surface area contributed by atoms with Crippen LogP contribution in [0.1, 0.15) is 28.2 Å². The molecule has 0 aliphatic rings. The van der Waals surface area contributed by atoms with Crippen molar-refractivity contribution in [1.29, 1.82) is 0 Å². The number of nitrogens with one attached hydrogen (secondary N) is 1. The Labute approximate surface area is 205 Å². The lowest BCUT2D eigenvalue weighted by molar-refractivity contribution is 0.0952. The molecule has 0 unspecified atom stereocenters. The van der Waals surface area contributed by atoms with Crippen LogP contribution < -0.4 is 19.5 Å². The van der Waals surface area contributed by atoms with Crippen molar-refractivity contribution in [2.24, 2.45) is 0 Å². The van der Waals surface area contributed by atoms with Gasteiger partial charge in [-0.15, -0.1) is 0 Å². The summed E-state index contributed by atoms with van der Waals surface area (Å²) in [5.74, 6) is 2.19. The number of fused-ring (bicyclic) bond motifs is 1. The number of para-hydroxylation sites is 2. The summed E-state index contributed by atoms with van der Waals surface area (Å²) >= 11 is 0. The van der Waals surface area contributed by atoms with Crippen molar-refractivity contribution in [2.75, 3.05) is 27.9 Å². The topological polar surface area (TPSA) is 74.6 Å². The van der Waals surface area contributed by atoms with Crippen LogP contribution in [0.2, 0.25) is 0 Å². The molecule has 35 heavy (non-hydrogen) atoms. The second kappa shape index (κ2) is 11.4. The molecule has 0 fully saturated rings. The molecule has 182 valence electrons. The van der Waals surface area contributed by atoms with Crippen LogP contribution in [0.15, 0.2) is 66.7 Å². The van der Waals surface area contributed by atoms with E-state index >= 15 is 0 Å². The molecule has 0 aliphatic heterocycles. The number of imidazole rings is 1. The maximum absolute atomic E-state index is 12.8. The number of amides is 1. The van der Waals surface area contributed by atoms with Crippen LogP contribution in [0.4, 0.5) is 0 Å². The van der Waals surface area contributed by atoms with Gasteiger partial charge in [0.2, 0.25) is 5.75 Å². The number of aryl methyl sites for hydroxylation is 3. The minimum atomic E-state index is -0.193. The number of nitrogens with zero attached hydrogens (tertiary/aromatic N) is 2. The molecule has 0 spiro atoms. The zero-order chi connectivity index (χ0) is 24.6. The van der Waals surface area contributed by atoms with E-state index in [9.17, 15) is 4.79 Å². The third-order valence-electron chi connectivity index (χ3n) is 5.99. The van der Waals surface area contributed by atoms with Gasteiger partial charge in [-0.05, 0) is 42.7 Å². The zero-order valence-electron chi connectivity index (χ0n) is 20.4. The molecule has 1 amide bonds. The van der Waals surface area contributed by atoms with Crippen molar-refractivity contribution in [2.45, 2.75) is 25.8 Å². The van der Waals surface area contributed by atoms with E-state index in [0.29, 0.717) is 29.4 Å². The second-order valence-electron chi connectivity index (χ2n) is 8.18. The highest BCUT2D eigenvalue weighted by Gasteiger charge is 2.17. The minimum absolute atomic E-state index is 0.193. The molecule has 3 aromatic carbocycles. The SMILES string of the molecule is COc1cc(C(=O)NCCCc2nc3ccccc3n2CCc2ccccc2)cc(OC)c1OC. The number of hydrogen-bond acceptors (Lipinski definition) is 5. The molecule has 1 N–H and O–H groups in total. The van der Waals surface area contributed by atoms with E-state index in [-0.39, 0.29) is 5.91 Å². The smallest absolute Gasteiger partial charge is 0.251 e. The lowest BCUT2D eigenvalue weighted by atomic mass is 10.1. The monoisotopic (exact) mass is 473 g/mol. The van der Waals surface area contributed by atoms with Crippen molar-refractivity contribution >= 4 is 16.9 Å². The summed E-state index contributed by atoms with van der Waals surface area (Å²) in [5, 5.41) is 2.99. The number of methoxy groups -OCH3 is 3. The Bertz CT molecular complexity index is 1260. The third kappa shape index (κ3) is 5.57. The Morgan fingerprint density at radius 1 is 0.886 bits per heavy atom. The Morgan fingerprint density at radius 3 is 2.26 bits per heavy atom. The molecular weight excluding hydrogens is 442 g/mol. The van der Waals surface area contributed by atoms with Crippen LogP contribution in [0.25, 0.3) is 11.0 Å². The molecule has 0 saturated heterocycles. The van der Waals surface area contributed by atoms with Gasteiger partial charge in [-0.1, -0.05) is 42.5 Å². The highest BCUT2D eigenvalue weighted by Crippen LogP contribution is 2.38. The average Bonchev–Trinajstić information content (AvgIpc) is 3.26. The number of ether oxygens (including phenoxy) is 3. The van der Waals surface area contributed by atoms with E-state index in [1.165, 1.54) is 26.9 Å². The average molecular weight is 474 g/mol. The van der Waals surface area contributed by atoms with Gasteiger partial charge in [0.05, 0.1) is 32.4 Å². The number of carbonyl (C=O) groups excluding carboxylic acids is 1. The third-order valence-corrected chi connectivity index (χ3v) is 5.99. The van der Waals surface area contributed by atoms with Crippen LogP contribution in [0, 0.1) is 0 Å². The molecule has 7 nitrogen and oxygen atoms in total. The van der Waals surface area contributed by atoms with Crippen molar-refractivity contribution < 1.29 is 19.0 Å². The van der Waals surface area contributed by atoms with Gasteiger partial charge >= 0.3 is 0 Å². The van der Waals surface area contributed by atoms with Crippen LogP contribution in [-0.2, 0) is 19.4 Å². The van der Waals surface area contributed by atoms with E-state index in [4.69, 9.17) is 19.2 Å².